The predicted octanol–water partition coefficient (Wildman–Crippen LogP) is 3.40. The molecule has 7 nitrogen and oxygen atoms in total. The van der Waals surface area contributed by atoms with E-state index in [0.717, 1.165) is 11.1 Å². The van der Waals surface area contributed by atoms with Crippen molar-refractivity contribution in [3.8, 4) is 11.1 Å². The molecule has 7 heteroatoms. The van der Waals surface area contributed by atoms with Gasteiger partial charge in [0.1, 0.15) is 5.60 Å². The number of carbonyl (C=O) groups excluding carboxylic acids is 2. The second-order valence-electron chi connectivity index (χ2n) is 6.61. The number of aromatic nitrogens is 2. The van der Waals surface area contributed by atoms with Gasteiger partial charge in [-0.1, -0.05) is 12.1 Å². The lowest BCUT2D eigenvalue weighted by Crippen LogP contribution is -2.44. The zero-order valence-corrected chi connectivity index (χ0v) is 15.2. The summed E-state index contributed by atoms with van der Waals surface area (Å²) in [5.74, 6) is -0.130. The zero-order valence-electron chi connectivity index (χ0n) is 15.2. The molecular formula is C18H24N4O3. The smallest absolute Gasteiger partial charge is 0.430 e. The van der Waals surface area contributed by atoms with Crippen molar-refractivity contribution in [3.05, 3.63) is 36.7 Å². The highest BCUT2D eigenvalue weighted by atomic mass is 16.6. The molecule has 1 N–H and O–H groups in total. The van der Waals surface area contributed by atoms with E-state index >= 15 is 0 Å². The van der Waals surface area contributed by atoms with Crippen molar-refractivity contribution >= 4 is 17.7 Å². The monoisotopic (exact) mass is 344 g/mol. The van der Waals surface area contributed by atoms with Gasteiger partial charge in [0.2, 0.25) is 5.91 Å². The van der Waals surface area contributed by atoms with E-state index in [0.29, 0.717) is 12.2 Å². The standard InChI is InChI=1S/C18H24N4O3/c1-6-21(17(24)25-18(3,4)5)22-12-15(11-19-22)14-8-7-9-16(10-14)20-13(2)23/h7-12H,6H2,1-5H3,(H,20,23). The summed E-state index contributed by atoms with van der Waals surface area (Å²) in [5.41, 5.74) is 1.84. The predicted molar refractivity (Wildman–Crippen MR) is 97.0 cm³/mol. The van der Waals surface area contributed by atoms with E-state index in [2.05, 4.69) is 10.4 Å². The van der Waals surface area contributed by atoms with E-state index in [4.69, 9.17) is 4.74 Å². The molecule has 0 aliphatic rings. The number of amides is 2. The molecule has 2 amide bonds. The molecule has 1 aromatic heterocycles. The largest absolute Gasteiger partial charge is 0.442 e. The van der Waals surface area contributed by atoms with Crippen molar-refractivity contribution in [2.45, 2.75) is 40.2 Å². The molecule has 0 bridgehead atoms. The molecule has 134 valence electrons. The lowest BCUT2D eigenvalue weighted by molar-refractivity contribution is -0.114. The SMILES string of the molecule is CCN(C(=O)OC(C)(C)C)n1cc(-c2cccc(NC(C)=O)c2)cn1. The van der Waals surface area contributed by atoms with Crippen LogP contribution in [-0.4, -0.2) is 34.0 Å². The van der Waals surface area contributed by atoms with Crippen LogP contribution < -0.4 is 10.3 Å². The summed E-state index contributed by atoms with van der Waals surface area (Å²) in [6.07, 6.45) is 2.96. The Morgan fingerprint density at radius 3 is 2.60 bits per heavy atom. The molecule has 0 spiro atoms. The summed E-state index contributed by atoms with van der Waals surface area (Å²) in [5, 5.41) is 8.42. The minimum absolute atomic E-state index is 0.130. The zero-order chi connectivity index (χ0) is 18.6. The van der Waals surface area contributed by atoms with Crippen molar-refractivity contribution < 1.29 is 14.3 Å². The highest BCUT2D eigenvalue weighted by Gasteiger charge is 2.23. The highest BCUT2D eigenvalue weighted by Crippen LogP contribution is 2.22. The number of carbonyl (C=O) groups is 2. The number of hydrogen-bond acceptors (Lipinski definition) is 4. The van der Waals surface area contributed by atoms with Crippen molar-refractivity contribution in [2.75, 3.05) is 16.9 Å². The fraction of sp³-hybridized carbons (Fsp3) is 0.389. The third-order valence-electron chi connectivity index (χ3n) is 3.24. The Balaban J connectivity index is 2.23. The molecule has 0 saturated heterocycles. The van der Waals surface area contributed by atoms with Crippen LogP contribution in [0.4, 0.5) is 10.5 Å². The van der Waals surface area contributed by atoms with Gasteiger partial charge in [-0.25, -0.2) is 4.79 Å². The minimum atomic E-state index is -0.576. The van der Waals surface area contributed by atoms with Crippen LogP contribution in [0, 0.1) is 0 Å². The first-order valence-electron chi connectivity index (χ1n) is 8.13. The third kappa shape index (κ3) is 5.07. The van der Waals surface area contributed by atoms with Crippen molar-refractivity contribution in [2.24, 2.45) is 0 Å². The van der Waals surface area contributed by atoms with Crippen LogP contribution in [0.25, 0.3) is 11.1 Å². The van der Waals surface area contributed by atoms with Crippen LogP contribution in [0.3, 0.4) is 0 Å². The van der Waals surface area contributed by atoms with E-state index in [1.54, 1.807) is 12.4 Å². The van der Waals surface area contributed by atoms with Crippen LogP contribution in [0.15, 0.2) is 36.7 Å². The van der Waals surface area contributed by atoms with Gasteiger partial charge in [0.15, 0.2) is 0 Å². The van der Waals surface area contributed by atoms with E-state index in [1.807, 2.05) is 52.0 Å². The number of benzene rings is 1. The minimum Gasteiger partial charge on any atom is -0.442 e. The molecule has 2 rings (SSSR count). The third-order valence-corrected chi connectivity index (χ3v) is 3.24. The van der Waals surface area contributed by atoms with Crippen molar-refractivity contribution in [1.82, 2.24) is 9.89 Å². The number of ether oxygens (including phenoxy) is 1. The summed E-state index contributed by atoms with van der Waals surface area (Å²) >= 11 is 0. The lowest BCUT2D eigenvalue weighted by atomic mass is 10.1. The summed E-state index contributed by atoms with van der Waals surface area (Å²) in [7, 11) is 0. The van der Waals surface area contributed by atoms with E-state index in [9.17, 15) is 9.59 Å². The molecule has 25 heavy (non-hydrogen) atoms. The van der Waals surface area contributed by atoms with Gasteiger partial charge in [-0.05, 0) is 45.4 Å². The fourth-order valence-electron chi connectivity index (χ4n) is 2.25. The van der Waals surface area contributed by atoms with Gasteiger partial charge in [0.05, 0.1) is 12.4 Å². The van der Waals surface area contributed by atoms with Crippen LogP contribution >= 0.6 is 0 Å². The summed E-state index contributed by atoms with van der Waals surface area (Å²) in [6.45, 7) is 9.19. The lowest BCUT2D eigenvalue weighted by Gasteiger charge is -2.26. The summed E-state index contributed by atoms with van der Waals surface area (Å²) < 4.78 is 5.40. The topological polar surface area (TPSA) is 76.5 Å². The molecule has 1 aromatic carbocycles. The number of anilines is 1. The van der Waals surface area contributed by atoms with E-state index < -0.39 is 11.7 Å². The first-order chi connectivity index (χ1) is 11.7. The average Bonchev–Trinajstić information content (AvgIpc) is 2.95. The van der Waals surface area contributed by atoms with Crippen LogP contribution in [-0.2, 0) is 9.53 Å². The average molecular weight is 344 g/mol. The number of nitrogens with zero attached hydrogens (tertiary/aromatic N) is 3. The molecule has 0 radical (unpaired) electrons. The Morgan fingerprint density at radius 1 is 1.28 bits per heavy atom. The number of nitrogens with one attached hydrogen (secondary N) is 1. The molecule has 0 unspecified atom stereocenters. The Hall–Kier alpha value is -2.83. The molecule has 0 aliphatic carbocycles. The highest BCUT2D eigenvalue weighted by molar-refractivity contribution is 5.89. The maximum absolute atomic E-state index is 12.3. The summed E-state index contributed by atoms with van der Waals surface area (Å²) in [4.78, 5) is 25.0. The van der Waals surface area contributed by atoms with Crippen molar-refractivity contribution in [1.29, 1.82) is 0 Å². The second-order valence-corrected chi connectivity index (χ2v) is 6.61. The second kappa shape index (κ2) is 7.38. The first kappa shape index (κ1) is 18.5. The van der Waals surface area contributed by atoms with Gasteiger partial charge in [-0.2, -0.15) is 14.9 Å². The van der Waals surface area contributed by atoms with Gasteiger partial charge >= 0.3 is 6.09 Å². The van der Waals surface area contributed by atoms with Crippen LogP contribution in [0.1, 0.15) is 34.6 Å². The van der Waals surface area contributed by atoms with E-state index in [1.165, 1.54) is 16.7 Å². The van der Waals surface area contributed by atoms with Crippen LogP contribution in [0.5, 0.6) is 0 Å². The molecule has 2 aromatic rings. The number of hydrogen-bond donors (Lipinski definition) is 1. The molecule has 0 aliphatic heterocycles. The van der Waals surface area contributed by atoms with Gasteiger partial charge in [-0.3, -0.25) is 4.79 Å². The van der Waals surface area contributed by atoms with Crippen LogP contribution in [0.2, 0.25) is 0 Å². The Morgan fingerprint density at radius 2 is 2.00 bits per heavy atom. The molecule has 0 fully saturated rings. The molecule has 0 atom stereocenters. The molecule has 0 saturated carbocycles. The van der Waals surface area contributed by atoms with Gasteiger partial charge in [0.25, 0.3) is 0 Å². The Kier molecular flexibility index (Phi) is 5.46. The van der Waals surface area contributed by atoms with Crippen molar-refractivity contribution in [3.63, 3.8) is 0 Å². The fourth-order valence-corrected chi connectivity index (χ4v) is 2.25. The normalized spacial score (nSPS) is 11.1. The maximum Gasteiger partial charge on any atom is 0.430 e. The quantitative estimate of drug-likeness (QED) is 0.922. The maximum atomic E-state index is 12.3. The number of rotatable bonds is 4. The Bertz CT molecular complexity index is 762. The van der Waals surface area contributed by atoms with Gasteiger partial charge in [0, 0.05) is 24.7 Å². The molecule has 1 heterocycles. The van der Waals surface area contributed by atoms with E-state index in [-0.39, 0.29) is 5.91 Å². The van der Waals surface area contributed by atoms with Gasteiger partial charge in [-0.15, -0.1) is 0 Å². The molecular weight excluding hydrogens is 320 g/mol. The first-order valence-corrected chi connectivity index (χ1v) is 8.13. The van der Waals surface area contributed by atoms with Gasteiger partial charge < -0.3 is 10.1 Å². The Labute approximate surface area is 147 Å². The summed E-state index contributed by atoms with van der Waals surface area (Å²) in [6, 6.07) is 7.43.